The second-order valence-corrected chi connectivity index (χ2v) is 7.23. The van der Waals surface area contributed by atoms with Crippen molar-refractivity contribution in [3.63, 3.8) is 0 Å². The monoisotopic (exact) mass is 353 g/mol. The quantitative estimate of drug-likeness (QED) is 0.786. The smallest absolute Gasteiger partial charge is 0.335 e. The van der Waals surface area contributed by atoms with E-state index >= 15 is 0 Å². The van der Waals surface area contributed by atoms with Gasteiger partial charge in [-0.2, -0.15) is 0 Å². The van der Waals surface area contributed by atoms with Gasteiger partial charge in [0.2, 0.25) is 0 Å². The van der Waals surface area contributed by atoms with Gasteiger partial charge in [-0.1, -0.05) is 42.6 Å². The van der Waals surface area contributed by atoms with Gasteiger partial charge < -0.3 is 10.0 Å². The molecule has 0 amide bonds. The van der Waals surface area contributed by atoms with E-state index in [1.807, 2.05) is 12.1 Å². The fourth-order valence-electron chi connectivity index (χ4n) is 3.00. The van der Waals surface area contributed by atoms with Gasteiger partial charge in [-0.05, 0) is 43.4 Å². The number of anilines is 1. The maximum absolute atomic E-state index is 11.3. The molecule has 0 atom stereocenters. The van der Waals surface area contributed by atoms with Crippen molar-refractivity contribution < 1.29 is 9.90 Å². The Morgan fingerprint density at radius 3 is 2.57 bits per heavy atom. The highest BCUT2D eigenvalue weighted by atomic mass is 79.9. The van der Waals surface area contributed by atoms with E-state index in [2.05, 4.69) is 34.7 Å². The SMILES string of the molecule is CC(C)CCN(c1cc(Br)cc(C(=O)O)c1)C1CCCC1. The average molecular weight is 354 g/mol. The molecule has 2 rings (SSSR count). The molecule has 1 aliphatic rings. The maximum atomic E-state index is 11.3. The normalized spacial score (nSPS) is 15.6. The molecule has 4 heteroatoms. The second-order valence-electron chi connectivity index (χ2n) is 6.32. The molecule has 1 saturated carbocycles. The van der Waals surface area contributed by atoms with Crippen LogP contribution in [0.25, 0.3) is 0 Å². The third kappa shape index (κ3) is 4.47. The number of carboxylic acid groups (broad SMARTS) is 1. The summed E-state index contributed by atoms with van der Waals surface area (Å²) in [6, 6.07) is 6.08. The molecule has 0 spiro atoms. The Morgan fingerprint density at radius 1 is 1.33 bits per heavy atom. The summed E-state index contributed by atoms with van der Waals surface area (Å²) in [5.41, 5.74) is 1.39. The van der Waals surface area contributed by atoms with Gasteiger partial charge in [-0.3, -0.25) is 0 Å². The predicted octanol–water partition coefficient (Wildman–Crippen LogP) is 4.94. The summed E-state index contributed by atoms with van der Waals surface area (Å²) in [6.45, 7) is 5.46. The lowest BCUT2D eigenvalue weighted by atomic mass is 10.1. The Hall–Kier alpha value is -1.03. The lowest BCUT2D eigenvalue weighted by Gasteiger charge is -2.32. The Bertz CT molecular complexity index is 496. The highest BCUT2D eigenvalue weighted by Gasteiger charge is 2.23. The van der Waals surface area contributed by atoms with E-state index in [4.69, 9.17) is 0 Å². The third-order valence-corrected chi connectivity index (χ3v) is 4.63. The van der Waals surface area contributed by atoms with Crippen molar-refractivity contribution in [2.75, 3.05) is 11.4 Å². The highest BCUT2D eigenvalue weighted by Crippen LogP contribution is 2.31. The van der Waals surface area contributed by atoms with Crippen LogP contribution in [0.5, 0.6) is 0 Å². The van der Waals surface area contributed by atoms with Gasteiger partial charge in [0.05, 0.1) is 5.56 Å². The van der Waals surface area contributed by atoms with E-state index in [0.29, 0.717) is 17.5 Å². The molecule has 0 radical (unpaired) electrons. The van der Waals surface area contributed by atoms with Crippen molar-refractivity contribution in [3.05, 3.63) is 28.2 Å². The average Bonchev–Trinajstić information content (AvgIpc) is 2.92. The summed E-state index contributed by atoms with van der Waals surface area (Å²) >= 11 is 3.45. The summed E-state index contributed by atoms with van der Waals surface area (Å²) in [5.74, 6) is -0.215. The topological polar surface area (TPSA) is 40.5 Å². The minimum atomic E-state index is -0.868. The van der Waals surface area contributed by atoms with Gasteiger partial charge in [-0.25, -0.2) is 4.79 Å². The molecule has 3 nitrogen and oxygen atoms in total. The number of aromatic carboxylic acids is 1. The zero-order valence-corrected chi connectivity index (χ0v) is 14.4. The van der Waals surface area contributed by atoms with Crippen molar-refractivity contribution in [2.24, 2.45) is 5.92 Å². The molecule has 0 saturated heterocycles. The van der Waals surface area contributed by atoms with Crippen LogP contribution in [0.2, 0.25) is 0 Å². The first-order chi connectivity index (χ1) is 9.97. The molecule has 0 unspecified atom stereocenters. The molecule has 1 aliphatic carbocycles. The van der Waals surface area contributed by atoms with E-state index in [0.717, 1.165) is 23.1 Å². The molecule has 1 aromatic rings. The first kappa shape index (κ1) is 16.3. The van der Waals surface area contributed by atoms with E-state index in [1.54, 1.807) is 6.07 Å². The van der Waals surface area contributed by atoms with Crippen LogP contribution in [-0.4, -0.2) is 23.7 Å². The van der Waals surface area contributed by atoms with Crippen LogP contribution in [0.15, 0.2) is 22.7 Å². The van der Waals surface area contributed by atoms with Gasteiger partial charge in [0.15, 0.2) is 0 Å². The van der Waals surface area contributed by atoms with E-state index in [9.17, 15) is 9.90 Å². The molecule has 0 heterocycles. The standard InChI is InChI=1S/C17H24BrNO2/c1-12(2)7-8-19(15-5-3-4-6-15)16-10-13(17(20)21)9-14(18)11-16/h9-12,15H,3-8H2,1-2H3,(H,20,21). The number of rotatable bonds is 6. The number of hydrogen-bond acceptors (Lipinski definition) is 2. The summed E-state index contributed by atoms with van der Waals surface area (Å²) in [6.07, 6.45) is 6.12. The Morgan fingerprint density at radius 2 is 2.00 bits per heavy atom. The molecular weight excluding hydrogens is 330 g/mol. The lowest BCUT2D eigenvalue weighted by Crippen LogP contribution is -2.34. The van der Waals surface area contributed by atoms with Gasteiger partial charge in [0.1, 0.15) is 0 Å². The first-order valence-electron chi connectivity index (χ1n) is 7.78. The Balaban J connectivity index is 2.28. The minimum absolute atomic E-state index is 0.354. The fourth-order valence-corrected chi connectivity index (χ4v) is 3.48. The molecule has 116 valence electrons. The van der Waals surface area contributed by atoms with Crippen molar-refractivity contribution in [2.45, 2.75) is 52.0 Å². The van der Waals surface area contributed by atoms with Crippen molar-refractivity contribution in [1.29, 1.82) is 0 Å². The van der Waals surface area contributed by atoms with E-state index in [-0.39, 0.29) is 0 Å². The van der Waals surface area contributed by atoms with E-state index in [1.165, 1.54) is 25.7 Å². The molecule has 1 aromatic carbocycles. The number of nitrogens with zero attached hydrogens (tertiary/aromatic N) is 1. The van der Waals surface area contributed by atoms with Gasteiger partial charge in [0, 0.05) is 22.7 Å². The number of halogens is 1. The van der Waals surface area contributed by atoms with Crippen LogP contribution < -0.4 is 4.90 Å². The molecule has 1 N–H and O–H groups in total. The van der Waals surface area contributed by atoms with Crippen LogP contribution >= 0.6 is 15.9 Å². The minimum Gasteiger partial charge on any atom is -0.478 e. The highest BCUT2D eigenvalue weighted by molar-refractivity contribution is 9.10. The van der Waals surface area contributed by atoms with Crippen LogP contribution in [0.4, 0.5) is 5.69 Å². The zero-order chi connectivity index (χ0) is 15.4. The molecular formula is C17H24BrNO2. The number of benzene rings is 1. The second kappa shape index (κ2) is 7.30. The van der Waals surface area contributed by atoms with Gasteiger partial charge in [0.25, 0.3) is 0 Å². The maximum Gasteiger partial charge on any atom is 0.335 e. The van der Waals surface area contributed by atoms with Crippen molar-refractivity contribution >= 4 is 27.6 Å². The number of carbonyl (C=O) groups is 1. The molecule has 1 fully saturated rings. The summed E-state index contributed by atoms with van der Waals surface area (Å²) in [7, 11) is 0. The van der Waals surface area contributed by atoms with Crippen LogP contribution in [0, 0.1) is 5.92 Å². The predicted molar refractivity (Wildman–Crippen MR) is 90.2 cm³/mol. The number of carboxylic acids is 1. The largest absolute Gasteiger partial charge is 0.478 e. The molecule has 21 heavy (non-hydrogen) atoms. The van der Waals surface area contributed by atoms with E-state index < -0.39 is 5.97 Å². The number of hydrogen-bond donors (Lipinski definition) is 1. The Kier molecular flexibility index (Phi) is 5.68. The first-order valence-corrected chi connectivity index (χ1v) is 8.57. The Labute approximate surface area is 135 Å². The summed E-state index contributed by atoms with van der Waals surface area (Å²) < 4.78 is 0.838. The van der Waals surface area contributed by atoms with Gasteiger partial charge >= 0.3 is 5.97 Å². The van der Waals surface area contributed by atoms with Crippen LogP contribution in [0.3, 0.4) is 0 Å². The van der Waals surface area contributed by atoms with Gasteiger partial charge in [-0.15, -0.1) is 0 Å². The lowest BCUT2D eigenvalue weighted by molar-refractivity contribution is 0.0697. The summed E-state index contributed by atoms with van der Waals surface area (Å²) in [4.78, 5) is 13.7. The molecule has 0 aromatic heterocycles. The van der Waals surface area contributed by atoms with Crippen LogP contribution in [0.1, 0.15) is 56.3 Å². The van der Waals surface area contributed by atoms with Crippen LogP contribution in [-0.2, 0) is 0 Å². The third-order valence-electron chi connectivity index (χ3n) is 4.17. The van der Waals surface area contributed by atoms with Crippen molar-refractivity contribution in [1.82, 2.24) is 0 Å². The molecule has 0 bridgehead atoms. The fraction of sp³-hybridized carbons (Fsp3) is 0.588. The zero-order valence-electron chi connectivity index (χ0n) is 12.8. The van der Waals surface area contributed by atoms with Crippen molar-refractivity contribution in [3.8, 4) is 0 Å². The summed E-state index contributed by atoms with van der Waals surface area (Å²) in [5, 5.41) is 9.26. The molecule has 0 aliphatic heterocycles.